The van der Waals surface area contributed by atoms with Crippen LogP contribution >= 0.6 is 0 Å². The predicted octanol–water partition coefficient (Wildman–Crippen LogP) is 22.8. The zero-order valence-corrected chi connectivity index (χ0v) is 51.8. The Hall–Kier alpha value is -3.60. The highest BCUT2D eigenvalue weighted by Crippen LogP contribution is 2.41. The lowest BCUT2D eigenvalue weighted by Crippen LogP contribution is -2.18. The highest BCUT2D eigenvalue weighted by Gasteiger charge is 2.28. The number of aromatic nitrogens is 4. The number of ether oxygens (including phenoxy) is 1. The van der Waals surface area contributed by atoms with E-state index in [1.165, 1.54) is 290 Å². The van der Waals surface area contributed by atoms with Crippen LogP contribution in [0.1, 0.15) is 341 Å². The van der Waals surface area contributed by atoms with Crippen molar-refractivity contribution in [3.05, 3.63) is 106 Å². The summed E-state index contributed by atoms with van der Waals surface area (Å²) in [6.45, 7) is 9.24. The lowest BCUT2D eigenvalue weighted by Gasteiger charge is -2.29. The van der Waals surface area contributed by atoms with Crippen molar-refractivity contribution in [2.45, 2.75) is 335 Å². The Bertz CT molecular complexity index is 1960. The maximum Gasteiger partial charge on any atom is 0.131 e. The fraction of sp³-hybridized carbons (Fsp3) is 0.730. The third-order valence-corrected chi connectivity index (χ3v) is 18.6. The first-order chi connectivity index (χ1) is 39.0. The molecule has 6 rings (SSSR count). The minimum atomic E-state index is 0.474. The number of rotatable bonds is 44. The molecule has 2 aliphatic carbocycles. The van der Waals surface area contributed by atoms with Crippen LogP contribution in [0.3, 0.4) is 0 Å². The van der Waals surface area contributed by atoms with Crippen molar-refractivity contribution >= 4 is 0 Å². The second kappa shape index (κ2) is 40.6. The standard InChI is InChI=1S/C74H118N4O/c1-5-9-13-17-21-23-25-27-31-35-39-65-57-75-73(76-58-65)67-47-41-63(42-48-67)55-69-53-61(37-33-29-19-15-11-7-3)45-51-71(69)79-72-52-46-62(38-34-30-20-16-12-8-4)54-70(72)56-64-43-49-68(50-44-64)74-77-59-66(60-78-74)40-36-32-28-26-24-22-18-14-10-6-2/h45-46,51-54,57-60,63-64,67-68H,5-44,47-50,55-56H2,1-4H3. The molecule has 2 fully saturated rings. The minimum absolute atomic E-state index is 0.474. The molecule has 0 unspecified atom stereocenters. The summed E-state index contributed by atoms with van der Waals surface area (Å²) in [5.41, 5.74) is 8.42. The molecule has 2 aromatic heterocycles. The largest absolute Gasteiger partial charge is 0.457 e. The molecular formula is C74H118N4O. The molecule has 440 valence electrons. The van der Waals surface area contributed by atoms with Crippen LogP contribution < -0.4 is 4.74 Å². The second-order valence-electron chi connectivity index (χ2n) is 25.6. The van der Waals surface area contributed by atoms with Crippen molar-refractivity contribution in [2.75, 3.05) is 0 Å². The smallest absolute Gasteiger partial charge is 0.131 e. The SMILES string of the molecule is CCCCCCCCCCCCc1cnc(C2CCC(Cc3cc(CCCCCCCC)ccc3Oc3ccc(CCCCCCCC)cc3CC3CCC(c4ncc(CCCCCCCCCCCC)cn4)CC3)CC2)nc1. The van der Waals surface area contributed by atoms with E-state index in [2.05, 4.69) is 88.9 Å². The zero-order valence-electron chi connectivity index (χ0n) is 51.8. The zero-order chi connectivity index (χ0) is 55.2. The summed E-state index contributed by atoms with van der Waals surface area (Å²) in [5.74, 6) is 6.57. The monoisotopic (exact) mass is 1080 g/mol. The third-order valence-electron chi connectivity index (χ3n) is 18.6. The van der Waals surface area contributed by atoms with Gasteiger partial charge in [-0.1, -0.05) is 232 Å². The van der Waals surface area contributed by atoms with Gasteiger partial charge in [0.2, 0.25) is 0 Å². The van der Waals surface area contributed by atoms with Gasteiger partial charge in [0.25, 0.3) is 0 Å². The van der Waals surface area contributed by atoms with E-state index < -0.39 is 0 Å². The van der Waals surface area contributed by atoms with Crippen LogP contribution in [0.15, 0.2) is 61.2 Å². The van der Waals surface area contributed by atoms with Gasteiger partial charge in [0.15, 0.2) is 0 Å². The van der Waals surface area contributed by atoms with Gasteiger partial charge in [0, 0.05) is 36.6 Å². The number of hydrogen-bond donors (Lipinski definition) is 0. The van der Waals surface area contributed by atoms with E-state index in [0.29, 0.717) is 23.7 Å². The Balaban J connectivity index is 1.04. The number of nitrogens with zero attached hydrogens (tertiary/aromatic N) is 4. The average molecular weight is 1080 g/mol. The van der Waals surface area contributed by atoms with Gasteiger partial charge in [-0.25, -0.2) is 19.9 Å². The van der Waals surface area contributed by atoms with E-state index in [-0.39, 0.29) is 0 Å². The van der Waals surface area contributed by atoms with Crippen molar-refractivity contribution in [1.82, 2.24) is 19.9 Å². The molecular weight excluding hydrogens is 961 g/mol. The van der Waals surface area contributed by atoms with Gasteiger partial charge < -0.3 is 4.74 Å². The van der Waals surface area contributed by atoms with Crippen LogP contribution in [0, 0.1) is 11.8 Å². The van der Waals surface area contributed by atoms with Gasteiger partial charge >= 0.3 is 0 Å². The molecule has 0 amide bonds. The quantitative estimate of drug-likeness (QED) is 0.0413. The highest BCUT2D eigenvalue weighted by atomic mass is 16.5. The topological polar surface area (TPSA) is 60.8 Å². The molecule has 0 aliphatic heterocycles. The van der Waals surface area contributed by atoms with Gasteiger partial charge in [-0.3, -0.25) is 0 Å². The fourth-order valence-corrected chi connectivity index (χ4v) is 13.3. The summed E-state index contributed by atoms with van der Waals surface area (Å²) in [6, 6.07) is 14.6. The van der Waals surface area contributed by atoms with Crippen molar-refractivity contribution in [2.24, 2.45) is 11.8 Å². The molecule has 0 radical (unpaired) electrons. The normalized spacial score (nSPS) is 17.6. The number of benzene rings is 2. The Kier molecular flexibility index (Phi) is 33.2. The van der Waals surface area contributed by atoms with Gasteiger partial charge in [0.05, 0.1) is 0 Å². The maximum atomic E-state index is 7.27. The molecule has 0 N–H and O–H groups in total. The molecule has 2 saturated carbocycles. The summed E-state index contributed by atoms with van der Waals surface area (Å²) < 4.78 is 7.27. The molecule has 5 heteroatoms. The number of aryl methyl sites for hydroxylation is 4. The first kappa shape index (κ1) is 64.6. The van der Waals surface area contributed by atoms with Crippen molar-refractivity contribution in [1.29, 1.82) is 0 Å². The molecule has 0 saturated heterocycles. The van der Waals surface area contributed by atoms with Crippen molar-refractivity contribution < 1.29 is 4.74 Å². The van der Waals surface area contributed by atoms with Crippen LogP contribution in [-0.2, 0) is 38.5 Å². The molecule has 0 bridgehead atoms. The van der Waals surface area contributed by atoms with Crippen LogP contribution in [-0.4, -0.2) is 19.9 Å². The summed E-state index contributed by atoms with van der Waals surface area (Å²) in [5, 5.41) is 0. The average Bonchev–Trinajstić information content (AvgIpc) is 3.51. The van der Waals surface area contributed by atoms with Crippen molar-refractivity contribution in [3.8, 4) is 11.5 Å². The van der Waals surface area contributed by atoms with E-state index in [1.807, 2.05) is 0 Å². The van der Waals surface area contributed by atoms with E-state index in [1.54, 1.807) is 0 Å². The molecule has 5 nitrogen and oxygen atoms in total. The van der Waals surface area contributed by atoms with Crippen LogP contribution in [0.25, 0.3) is 0 Å². The Morgan fingerprint density at radius 3 is 0.873 bits per heavy atom. The highest BCUT2D eigenvalue weighted by molar-refractivity contribution is 5.45. The molecule has 0 atom stereocenters. The number of hydrogen-bond acceptors (Lipinski definition) is 5. The van der Waals surface area contributed by atoms with Crippen LogP contribution in [0.2, 0.25) is 0 Å². The Morgan fingerprint density at radius 2 is 0.582 bits per heavy atom. The summed E-state index contributed by atoms with van der Waals surface area (Å²) in [6.07, 6.45) is 68.5. The van der Waals surface area contributed by atoms with Gasteiger partial charge in [-0.2, -0.15) is 0 Å². The number of unbranched alkanes of at least 4 members (excludes halogenated alkanes) is 28. The first-order valence-corrected chi connectivity index (χ1v) is 34.6. The third kappa shape index (κ3) is 26.0. The van der Waals surface area contributed by atoms with Crippen molar-refractivity contribution in [3.63, 3.8) is 0 Å². The first-order valence-electron chi connectivity index (χ1n) is 34.6. The van der Waals surface area contributed by atoms with Crippen LogP contribution in [0.5, 0.6) is 11.5 Å². The van der Waals surface area contributed by atoms with Gasteiger partial charge in [0.1, 0.15) is 23.1 Å². The Labute approximate surface area is 486 Å². The summed E-state index contributed by atoms with van der Waals surface area (Å²) in [4.78, 5) is 20.0. The Morgan fingerprint density at radius 1 is 0.316 bits per heavy atom. The van der Waals surface area contributed by atoms with Gasteiger partial charge in [-0.05, 0) is 173 Å². The summed E-state index contributed by atoms with van der Waals surface area (Å²) >= 11 is 0. The lowest BCUT2D eigenvalue weighted by molar-refractivity contribution is 0.312. The van der Waals surface area contributed by atoms with E-state index >= 15 is 0 Å². The van der Waals surface area contributed by atoms with E-state index in [9.17, 15) is 0 Å². The van der Waals surface area contributed by atoms with E-state index in [4.69, 9.17) is 24.7 Å². The molecule has 2 aliphatic rings. The van der Waals surface area contributed by atoms with Gasteiger partial charge in [-0.15, -0.1) is 0 Å². The predicted molar refractivity (Wildman–Crippen MR) is 339 cm³/mol. The molecule has 2 heterocycles. The summed E-state index contributed by atoms with van der Waals surface area (Å²) in [7, 11) is 0. The minimum Gasteiger partial charge on any atom is -0.457 e. The molecule has 0 spiro atoms. The maximum absolute atomic E-state index is 7.27. The molecule has 4 aromatic rings. The molecule has 2 aromatic carbocycles. The van der Waals surface area contributed by atoms with Crippen LogP contribution in [0.4, 0.5) is 0 Å². The van der Waals surface area contributed by atoms with E-state index in [0.717, 1.165) is 61.7 Å². The lowest BCUT2D eigenvalue weighted by atomic mass is 9.78. The second-order valence-corrected chi connectivity index (χ2v) is 25.6. The fourth-order valence-electron chi connectivity index (χ4n) is 13.3. The molecule has 79 heavy (non-hydrogen) atoms.